The number of aromatic amines is 1. The van der Waals surface area contributed by atoms with Gasteiger partial charge in [-0.25, -0.2) is 9.78 Å². The second-order valence-electron chi connectivity index (χ2n) is 6.00. The highest BCUT2D eigenvalue weighted by molar-refractivity contribution is 8.03. The van der Waals surface area contributed by atoms with Crippen LogP contribution in [-0.4, -0.2) is 51.4 Å². The highest BCUT2D eigenvalue weighted by Crippen LogP contribution is 2.30. The number of esters is 1. The Balaban J connectivity index is 1.64. The maximum absolute atomic E-state index is 12.3. The molecule has 0 fully saturated rings. The molecule has 2 N–H and O–H groups in total. The summed E-state index contributed by atoms with van der Waals surface area (Å²) < 4.78 is 6.12. The second-order valence-corrected chi connectivity index (χ2v) is 9.42. The molecule has 0 saturated carbocycles. The number of ether oxygens (including phenoxy) is 1. The van der Waals surface area contributed by atoms with E-state index in [-0.39, 0.29) is 11.5 Å². The number of methoxy groups -OCH3 is 1. The molecule has 0 saturated heterocycles. The largest absolute Gasteiger partial charge is 0.465 e. The van der Waals surface area contributed by atoms with E-state index in [9.17, 15) is 14.4 Å². The zero-order chi connectivity index (χ0) is 21.5. The van der Waals surface area contributed by atoms with Crippen LogP contribution in [-0.2, 0) is 15.3 Å². The molecule has 1 aromatic carbocycles. The van der Waals surface area contributed by atoms with Crippen molar-refractivity contribution in [1.29, 1.82) is 0 Å². The number of thioether (sulfide) groups is 2. The van der Waals surface area contributed by atoms with Crippen LogP contribution in [0.1, 0.15) is 29.5 Å². The number of aromatic nitrogens is 4. The molecule has 0 aliphatic heterocycles. The monoisotopic (exact) mass is 465 g/mol. The molecule has 0 bridgehead atoms. The van der Waals surface area contributed by atoms with Gasteiger partial charge in [0.2, 0.25) is 5.91 Å². The van der Waals surface area contributed by atoms with Gasteiger partial charge in [-0.05, 0) is 24.6 Å². The number of H-pyrrole nitrogens is 1. The van der Waals surface area contributed by atoms with Crippen LogP contribution in [0.5, 0.6) is 0 Å². The second kappa shape index (κ2) is 10.5. The molecule has 3 aromatic rings. The quantitative estimate of drug-likeness (QED) is 0.362. The zero-order valence-electron chi connectivity index (χ0n) is 16.3. The Morgan fingerprint density at radius 3 is 2.73 bits per heavy atom. The van der Waals surface area contributed by atoms with E-state index in [0.717, 1.165) is 6.42 Å². The van der Waals surface area contributed by atoms with Crippen LogP contribution in [0.2, 0.25) is 0 Å². The summed E-state index contributed by atoms with van der Waals surface area (Å²) in [5, 5.41) is 11.4. The van der Waals surface area contributed by atoms with E-state index < -0.39 is 5.97 Å². The fourth-order valence-corrected chi connectivity index (χ4v) is 5.11. The lowest BCUT2D eigenvalue weighted by Crippen LogP contribution is -2.25. The van der Waals surface area contributed by atoms with Crippen molar-refractivity contribution < 1.29 is 14.3 Å². The van der Waals surface area contributed by atoms with Gasteiger partial charge in [0.15, 0.2) is 8.68 Å². The Labute approximate surface area is 184 Å². The lowest BCUT2D eigenvalue weighted by molar-refractivity contribution is -0.118. The van der Waals surface area contributed by atoms with Crippen LogP contribution in [0.3, 0.4) is 0 Å². The topological polar surface area (TPSA) is 127 Å². The minimum absolute atomic E-state index is 0.0319. The van der Waals surface area contributed by atoms with Crippen molar-refractivity contribution in [3.63, 3.8) is 0 Å². The van der Waals surface area contributed by atoms with Gasteiger partial charge in [-0.1, -0.05) is 41.8 Å². The molecule has 3 rings (SSSR count). The number of rotatable bonds is 9. The van der Waals surface area contributed by atoms with Crippen LogP contribution >= 0.6 is 34.9 Å². The minimum Gasteiger partial charge on any atom is -0.465 e. The predicted octanol–water partition coefficient (Wildman–Crippen LogP) is 2.47. The van der Waals surface area contributed by atoms with E-state index in [2.05, 4.69) is 25.5 Å². The molecule has 2 heterocycles. The number of amides is 1. The summed E-state index contributed by atoms with van der Waals surface area (Å²) in [6, 6.07) is 4.62. The summed E-state index contributed by atoms with van der Waals surface area (Å²) in [6.07, 6.45) is 0.894. The summed E-state index contributed by atoms with van der Waals surface area (Å²) in [5.41, 5.74) is 0.470. The first kappa shape index (κ1) is 22.2. The Hall–Kier alpha value is -2.44. The van der Waals surface area contributed by atoms with E-state index in [0.29, 0.717) is 49.0 Å². The average molecular weight is 466 g/mol. The SMILES string of the molecule is CCCNC(=O)CSc1nnc(SCc2nc3cc(C(=O)OC)ccc3c(=O)[nH]2)s1. The summed E-state index contributed by atoms with van der Waals surface area (Å²) in [7, 11) is 1.30. The third-order valence-corrected chi connectivity index (χ3v) is 7.00. The van der Waals surface area contributed by atoms with Gasteiger partial charge < -0.3 is 15.0 Å². The van der Waals surface area contributed by atoms with E-state index in [1.807, 2.05) is 6.92 Å². The predicted molar refractivity (Wildman–Crippen MR) is 117 cm³/mol. The Kier molecular flexibility index (Phi) is 7.82. The van der Waals surface area contributed by atoms with Gasteiger partial charge in [-0.15, -0.1) is 10.2 Å². The molecular weight excluding hydrogens is 446 g/mol. The van der Waals surface area contributed by atoms with E-state index in [1.165, 1.54) is 54.1 Å². The number of hydrogen-bond acceptors (Lipinski definition) is 10. The number of carbonyl (C=O) groups excluding carboxylic acids is 2. The summed E-state index contributed by atoms with van der Waals surface area (Å²) in [6.45, 7) is 2.66. The number of fused-ring (bicyclic) bond motifs is 1. The number of nitrogens with one attached hydrogen (secondary N) is 2. The molecule has 0 atom stereocenters. The zero-order valence-corrected chi connectivity index (χ0v) is 18.7. The Bertz CT molecular complexity index is 1110. The molecule has 0 unspecified atom stereocenters. The van der Waals surface area contributed by atoms with Crippen LogP contribution in [0, 0.1) is 0 Å². The summed E-state index contributed by atoms with van der Waals surface area (Å²) in [4.78, 5) is 42.9. The number of benzene rings is 1. The van der Waals surface area contributed by atoms with E-state index in [4.69, 9.17) is 4.74 Å². The van der Waals surface area contributed by atoms with Gasteiger partial charge in [-0.2, -0.15) is 0 Å². The fourth-order valence-electron chi connectivity index (χ4n) is 2.39. The van der Waals surface area contributed by atoms with Gasteiger partial charge in [0.25, 0.3) is 5.56 Å². The van der Waals surface area contributed by atoms with Crippen molar-refractivity contribution >= 4 is 57.6 Å². The van der Waals surface area contributed by atoms with Crippen molar-refractivity contribution in [2.45, 2.75) is 27.8 Å². The molecule has 0 spiro atoms. The number of carbonyl (C=O) groups is 2. The van der Waals surface area contributed by atoms with Crippen molar-refractivity contribution in [3.05, 3.63) is 39.9 Å². The van der Waals surface area contributed by atoms with E-state index >= 15 is 0 Å². The Morgan fingerprint density at radius 2 is 2.00 bits per heavy atom. The molecule has 158 valence electrons. The average Bonchev–Trinajstić information content (AvgIpc) is 3.21. The molecule has 9 nitrogen and oxygen atoms in total. The standard InChI is InChI=1S/C18H19N5O4S3/c1-3-6-19-14(24)9-29-18-23-22-17(30-18)28-8-13-20-12-7-10(16(26)27-2)4-5-11(12)15(25)21-13/h4-5,7H,3,6,8-9H2,1-2H3,(H,19,24)(H,20,21,25). The van der Waals surface area contributed by atoms with Gasteiger partial charge in [0, 0.05) is 6.54 Å². The third kappa shape index (κ3) is 5.80. The van der Waals surface area contributed by atoms with Crippen LogP contribution < -0.4 is 10.9 Å². The van der Waals surface area contributed by atoms with E-state index in [1.54, 1.807) is 6.07 Å². The van der Waals surface area contributed by atoms with Gasteiger partial charge in [0.05, 0.1) is 35.1 Å². The fraction of sp³-hybridized carbons (Fsp3) is 0.333. The lowest BCUT2D eigenvalue weighted by atomic mass is 10.1. The van der Waals surface area contributed by atoms with Gasteiger partial charge in [0.1, 0.15) is 5.82 Å². The molecule has 0 aliphatic rings. The maximum Gasteiger partial charge on any atom is 0.337 e. The third-order valence-electron chi connectivity index (χ3n) is 3.80. The smallest absolute Gasteiger partial charge is 0.337 e. The highest BCUT2D eigenvalue weighted by Gasteiger charge is 2.12. The minimum atomic E-state index is -0.489. The molecule has 0 radical (unpaired) electrons. The first-order chi connectivity index (χ1) is 14.5. The normalized spacial score (nSPS) is 10.9. The first-order valence-electron chi connectivity index (χ1n) is 8.97. The lowest BCUT2D eigenvalue weighted by Gasteiger charge is -2.04. The van der Waals surface area contributed by atoms with Crippen molar-refractivity contribution in [1.82, 2.24) is 25.5 Å². The molecular formula is C18H19N5O4S3. The van der Waals surface area contributed by atoms with Gasteiger partial charge in [-0.3, -0.25) is 9.59 Å². The van der Waals surface area contributed by atoms with Crippen LogP contribution in [0.4, 0.5) is 0 Å². The number of nitrogens with zero attached hydrogens (tertiary/aromatic N) is 3. The molecule has 30 heavy (non-hydrogen) atoms. The highest BCUT2D eigenvalue weighted by atomic mass is 32.2. The number of hydrogen-bond donors (Lipinski definition) is 2. The molecule has 2 aromatic heterocycles. The molecule has 1 amide bonds. The van der Waals surface area contributed by atoms with Crippen molar-refractivity contribution in [2.75, 3.05) is 19.4 Å². The van der Waals surface area contributed by atoms with Crippen molar-refractivity contribution in [3.8, 4) is 0 Å². The van der Waals surface area contributed by atoms with Crippen LogP contribution in [0.15, 0.2) is 31.7 Å². The maximum atomic E-state index is 12.3. The van der Waals surface area contributed by atoms with Gasteiger partial charge >= 0.3 is 5.97 Å². The van der Waals surface area contributed by atoms with Crippen LogP contribution in [0.25, 0.3) is 10.9 Å². The first-order valence-corrected chi connectivity index (χ1v) is 11.8. The van der Waals surface area contributed by atoms with Crippen molar-refractivity contribution in [2.24, 2.45) is 0 Å². The summed E-state index contributed by atoms with van der Waals surface area (Å²) in [5.74, 6) is 0.612. The molecule has 0 aliphatic carbocycles. The molecule has 12 heteroatoms. The summed E-state index contributed by atoms with van der Waals surface area (Å²) >= 11 is 4.09. The Morgan fingerprint density at radius 1 is 1.23 bits per heavy atom.